The summed E-state index contributed by atoms with van der Waals surface area (Å²) in [6.45, 7) is 1.78. The molecule has 0 aliphatic rings. The Labute approximate surface area is 127 Å². The number of methoxy groups -OCH3 is 2. The van der Waals surface area contributed by atoms with E-state index in [9.17, 15) is 4.79 Å². The Hall–Kier alpha value is -2.02. The van der Waals surface area contributed by atoms with Crippen LogP contribution >= 0.6 is 11.8 Å². The number of hydrogen-bond donors (Lipinski definition) is 0. The minimum atomic E-state index is -0.332. The molecule has 2 aromatic rings. The Bertz CT molecular complexity index is 625. The molecule has 0 saturated carbocycles. The molecule has 0 spiro atoms. The van der Waals surface area contributed by atoms with Crippen molar-refractivity contribution in [2.75, 3.05) is 14.2 Å². The van der Waals surface area contributed by atoms with Crippen LogP contribution in [0, 0.1) is 0 Å². The summed E-state index contributed by atoms with van der Waals surface area (Å²) in [5.41, 5.74) is 0.934. The Morgan fingerprint density at radius 1 is 1.24 bits per heavy atom. The molecule has 6 nitrogen and oxygen atoms in total. The zero-order chi connectivity index (χ0) is 15.4. The lowest BCUT2D eigenvalue weighted by Crippen LogP contribution is -2.15. The van der Waals surface area contributed by atoms with Gasteiger partial charge >= 0.3 is 5.97 Å². The number of benzene rings is 1. The summed E-state index contributed by atoms with van der Waals surface area (Å²) in [6.07, 6.45) is 0. The standard InChI is InChI=1S/C14H17N3O3S/c1-9(13(18)20-4)21-14-16-15-12(17(14)2)10-5-7-11(19-3)8-6-10/h5-9H,1-4H3/t9-/m0/s1. The minimum absolute atomic E-state index is 0.283. The summed E-state index contributed by atoms with van der Waals surface area (Å²) in [5.74, 6) is 1.24. The molecule has 2 rings (SSSR count). The molecule has 7 heteroatoms. The van der Waals surface area contributed by atoms with Gasteiger partial charge in [0.2, 0.25) is 0 Å². The second kappa shape index (κ2) is 6.62. The van der Waals surface area contributed by atoms with Crippen molar-refractivity contribution in [3.05, 3.63) is 24.3 Å². The highest BCUT2D eigenvalue weighted by Gasteiger charge is 2.19. The molecule has 0 bridgehead atoms. The first-order chi connectivity index (χ1) is 10.1. The summed E-state index contributed by atoms with van der Waals surface area (Å²) >= 11 is 1.32. The van der Waals surface area contributed by atoms with Gasteiger partial charge in [-0.25, -0.2) is 0 Å². The monoisotopic (exact) mass is 307 g/mol. The van der Waals surface area contributed by atoms with Gasteiger partial charge in [-0.05, 0) is 31.2 Å². The summed E-state index contributed by atoms with van der Waals surface area (Å²) in [7, 11) is 4.87. The maximum atomic E-state index is 11.5. The number of thioether (sulfide) groups is 1. The molecular formula is C14H17N3O3S. The van der Waals surface area contributed by atoms with Gasteiger partial charge in [0, 0.05) is 12.6 Å². The van der Waals surface area contributed by atoms with E-state index in [0.717, 1.165) is 17.1 Å². The van der Waals surface area contributed by atoms with Gasteiger partial charge in [0.05, 0.1) is 14.2 Å². The summed E-state index contributed by atoms with van der Waals surface area (Å²) in [6, 6.07) is 7.57. The Morgan fingerprint density at radius 2 is 1.90 bits per heavy atom. The van der Waals surface area contributed by atoms with E-state index in [2.05, 4.69) is 10.2 Å². The molecule has 1 heterocycles. The molecule has 0 N–H and O–H groups in total. The fourth-order valence-electron chi connectivity index (χ4n) is 1.78. The Kier molecular flexibility index (Phi) is 4.85. The number of rotatable bonds is 5. The topological polar surface area (TPSA) is 66.2 Å². The average Bonchev–Trinajstić information content (AvgIpc) is 2.87. The van der Waals surface area contributed by atoms with Crippen molar-refractivity contribution in [3.8, 4) is 17.1 Å². The third-order valence-electron chi connectivity index (χ3n) is 3.00. The molecule has 112 valence electrons. The lowest BCUT2D eigenvalue weighted by Gasteiger charge is -2.08. The van der Waals surface area contributed by atoms with Crippen molar-refractivity contribution < 1.29 is 14.3 Å². The zero-order valence-corrected chi connectivity index (χ0v) is 13.2. The highest BCUT2D eigenvalue weighted by atomic mass is 32.2. The Balaban J connectivity index is 2.21. The molecule has 0 aliphatic heterocycles. The molecule has 0 fully saturated rings. The van der Waals surface area contributed by atoms with Crippen LogP contribution in [0.3, 0.4) is 0 Å². The SMILES string of the molecule is COC(=O)[C@H](C)Sc1nnc(-c2ccc(OC)cc2)n1C. The van der Waals surface area contributed by atoms with Crippen molar-refractivity contribution in [1.82, 2.24) is 14.8 Å². The zero-order valence-electron chi connectivity index (χ0n) is 12.4. The molecule has 0 saturated heterocycles. The quantitative estimate of drug-likeness (QED) is 0.623. The smallest absolute Gasteiger partial charge is 0.318 e. The molecule has 1 aromatic carbocycles. The van der Waals surface area contributed by atoms with Gasteiger partial charge in [-0.2, -0.15) is 0 Å². The predicted molar refractivity (Wildman–Crippen MR) is 80.3 cm³/mol. The summed E-state index contributed by atoms with van der Waals surface area (Å²) in [4.78, 5) is 11.5. The van der Waals surface area contributed by atoms with Crippen LogP contribution < -0.4 is 4.74 Å². The number of hydrogen-bond acceptors (Lipinski definition) is 6. The van der Waals surface area contributed by atoms with E-state index < -0.39 is 0 Å². The van der Waals surface area contributed by atoms with Crippen molar-refractivity contribution in [2.45, 2.75) is 17.3 Å². The van der Waals surface area contributed by atoms with E-state index in [0.29, 0.717) is 5.16 Å². The van der Waals surface area contributed by atoms with Crippen molar-refractivity contribution in [3.63, 3.8) is 0 Å². The van der Waals surface area contributed by atoms with Crippen LogP contribution in [0.25, 0.3) is 11.4 Å². The number of carbonyl (C=O) groups is 1. The van der Waals surface area contributed by atoms with Gasteiger partial charge in [-0.3, -0.25) is 4.79 Å². The third kappa shape index (κ3) is 3.36. The van der Waals surface area contributed by atoms with Gasteiger partial charge < -0.3 is 14.0 Å². The fourth-order valence-corrected chi connectivity index (χ4v) is 2.62. The highest BCUT2D eigenvalue weighted by molar-refractivity contribution is 8.00. The molecule has 1 atom stereocenters. The van der Waals surface area contributed by atoms with E-state index in [1.54, 1.807) is 14.0 Å². The average molecular weight is 307 g/mol. The minimum Gasteiger partial charge on any atom is -0.497 e. The largest absolute Gasteiger partial charge is 0.497 e. The number of nitrogens with zero attached hydrogens (tertiary/aromatic N) is 3. The fraction of sp³-hybridized carbons (Fsp3) is 0.357. The summed E-state index contributed by atoms with van der Waals surface area (Å²) < 4.78 is 11.7. The second-order valence-corrected chi connectivity index (χ2v) is 5.68. The van der Waals surface area contributed by atoms with Gasteiger partial charge in [-0.1, -0.05) is 11.8 Å². The summed E-state index contributed by atoms with van der Waals surface area (Å²) in [5, 5.41) is 8.64. The number of ether oxygens (including phenoxy) is 2. The van der Waals surface area contributed by atoms with E-state index in [1.807, 2.05) is 35.9 Å². The molecule has 0 amide bonds. The van der Waals surface area contributed by atoms with Crippen LogP contribution in [0.1, 0.15) is 6.92 Å². The van der Waals surface area contributed by atoms with Crippen molar-refractivity contribution in [1.29, 1.82) is 0 Å². The van der Waals surface area contributed by atoms with Gasteiger partial charge in [0.1, 0.15) is 11.0 Å². The Morgan fingerprint density at radius 3 is 2.48 bits per heavy atom. The van der Waals surface area contributed by atoms with Crippen LogP contribution in [0.4, 0.5) is 0 Å². The van der Waals surface area contributed by atoms with Gasteiger partial charge in [0.25, 0.3) is 0 Å². The van der Waals surface area contributed by atoms with Crippen molar-refractivity contribution in [2.24, 2.45) is 7.05 Å². The van der Waals surface area contributed by atoms with E-state index >= 15 is 0 Å². The van der Waals surface area contributed by atoms with E-state index in [1.165, 1.54) is 18.9 Å². The van der Waals surface area contributed by atoms with Crippen LogP contribution in [0.15, 0.2) is 29.4 Å². The molecular weight excluding hydrogens is 290 g/mol. The number of aromatic nitrogens is 3. The lowest BCUT2D eigenvalue weighted by atomic mass is 10.2. The van der Waals surface area contributed by atoms with Crippen molar-refractivity contribution >= 4 is 17.7 Å². The number of esters is 1. The maximum absolute atomic E-state index is 11.5. The van der Waals surface area contributed by atoms with Gasteiger partial charge in [0.15, 0.2) is 11.0 Å². The van der Waals surface area contributed by atoms with E-state index in [-0.39, 0.29) is 11.2 Å². The van der Waals surface area contributed by atoms with Crippen LogP contribution in [-0.4, -0.2) is 40.2 Å². The molecule has 1 aromatic heterocycles. The normalized spacial score (nSPS) is 12.0. The first-order valence-corrected chi connectivity index (χ1v) is 7.23. The first-order valence-electron chi connectivity index (χ1n) is 6.35. The number of carbonyl (C=O) groups excluding carboxylic acids is 1. The third-order valence-corrected chi connectivity index (χ3v) is 4.11. The molecule has 0 radical (unpaired) electrons. The predicted octanol–water partition coefficient (Wildman–Crippen LogP) is 2.14. The maximum Gasteiger partial charge on any atom is 0.318 e. The molecule has 0 aliphatic carbocycles. The van der Waals surface area contributed by atoms with E-state index in [4.69, 9.17) is 9.47 Å². The lowest BCUT2D eigenvalue weighted by molar-refractivity contribution is -0.139. The second-order valence-electron chi connectivity index (χ2n) is 4.38. The highest BCUT2D eigenvalue weighted by Crippen LogP contribution is 2.26. The van der Waals surface area contributed by atoms with Gasteiger partial charge in [-0.15, -0.1) is 10.2 Å². The van der Waals surface area contributed by atoms with Crippen LogP contribution in [0.2, 0.25) is 0 Å². The van der Waals surface area contributed by atoms with Crippen LogP contribution in [0.5, 0.6) is 5.75 Å². The molecule has 21 heavy (non-hydrogen) atoms. The first kappa shape index (κ1) is 15.4. The molecule has 0 unspecified atom stereocenters. The van der Waals surface area contributed by atoms with Crippen LogP contribution in [-0.2, 0) is 16.6 Å².